The van der Waals surface area contributed by atoms with Gasteiger partial charge in [-0.25, -0.2) is 0 Å². The van der Waals surface area contributed by atoms with Gasteiger partial charge in [0, 0.05) is 29.5 Å². The highest BCUT2D eigenvalue weighted by Gasteiger charge is 2.15. The van der Waals surface area contributed by atoms with E-state index >= 15 is 0 Å². The van der Waals surface area contributed by atoms with Crippen molar-refractivity contribution in [3.05, 3.63) is 24.0 Å². The van der Waals surface area contributed by atoms with Gasteiger partial charge < -0.3 is 10.1 Å². The molecule has 2 unspecified atom stereocenters. The second-order valence-electron chi connectivity index (χ2n) is 5.04. The van der Waals surface area contributed by atoms with Crippen molar-refractivity contribution in [2.24, 2.45) is 0 Å². The monoisotopic (exact) mass is 280 g/mol. The minimum atomic E-state index is 0.331. The maximum absolute atomic E-state index is 5.63. The Morgan fingerprint density at radius 3 is 3.05 bits per heavy atom. The zero-order valence-electron chi connectivity index (χ0n) is 11.9. The smallest absolute Gasteiger partial charge is 0.0669 e. The number of thioether (sulfide) groups is 1. The van der Waals surface area contributed by atoms with Crippen LogP contribution in [-0.4, -0.2) is 30.0 Å². The van der Waals surface area contributed by atoms with Gasteiger partial charge in [0.2, 0.25) is 0 Å². The van der Waals surface area contributed by atoms with Gasteiger partial charge in [-0.2, -0.15) is 0 Å². The van der Waals surface area contributed by atoms with Crippen molar-refractivity contribution >= 4 is 11.8 Å². The third-order valence-electron chi connectivity index (χ3n) is 3.36. The van der Waals surface area contributed by atoms with Crippen LogP contribution in [0.2, 0.25) is 0 Å². The van der Waals surface area contributed by atoms with Crippen LogP contribution < -0.4 is 5.32 Å². The van der Waals surface area contributed by atoms with Gasteiger partial charge in [0.05, 0.1) is 11.8 Å². The number of pyridine rings is 1. The molecule has 2 heterocycles. The number of nitrogens with zero attached hydrogens (tertiary/aromatic N) is 1. The third-order valence-corrected chi connectivity index (χ3v) is 4.48. The summed E-state index contributed by atoms with van der Waals surface area (Å²) >= 11 is 1.85. The molecule has 0 spiro atoms. The van der Waals surface area contributed by atoms with Crippen LogP contribution >= 0.6 is 11.8 Å². The maximum Gasteiger partial charge on any atom is 0.0669 e. The summed E-state index contributed by atoms with van der Waals surface area (Å²) in [6.07, 6.45) is 5.99. The maximum atomic E-state index is 5.63. The molecule has 1 aliphatic heterocycles. The normalized spacial score (nSPS) is 20.6. The van der Waals surface area contributed by atoms with Crippen molar-refractivity contribution in [1.82, 2.24) is 10.3 Å². The lowest BCUT2D eigenvalue weighted by Gasteiger charge is -2.13. The topological polar surface area (TPSA) is 34.1 Å². The first kappa shape index (κ1) is 14.8. The Bertz CT molecular complexity index is 363. The van der Waals surface area contributed by atoms with E-state index in [0.717, 1.165) is 31.0 Å². The Morgan fingerprint density at radius 1 is 1.53 bits per heavy atom. The molecule has 0 bridgehead atoms. The average Bonchev–Trinajstić information content (AvgIpc) is 2.96. The predicted octanol–water partition coefficient (Wildman–Crippen LogP) is 3.41. The Labute approximate surface area is 120 Å². The van der Waals surface area contributed by atoms with E-state index in [1.165, 1.54) is 17.7 Å². The van der Waals surface area contributed by atoms with E-state index in [1.807, 2.05) is 18.0 Å². The molecule has 19 heavy (non-hydrogen) atoms. The van der Waals surface area contributed by atoms with Gasteiger partial charge in [0.1, 0.15) is 0 Å². The van der Waals surface area contributed by atoms with E-state index in [-0.39, 0.29) is 0 Å². The first-order valence-corrected chi connectivity index (χ1v) is 8.22. The number of hydrogen-bond donors (Lipinski definition) is 1. The molecule has 3 nitrogen and oxygen atoms in total. The SMILES string of the molecule is CCCNC(C)c1ccc(SCC2CCCO2)cn1. The lowest BCUT2D eigenvalue weighted by Crippen LogP contribution is -2.20. The van der Waals surface area contributed by atoms with Gasteiger partial charge in [0.15, 0.2) is 0 Å². The number of rotatable bonds is 7. The standard InChI is InChI=1S/C15H24N2OS/c1-3-8-16-12(2)15-7-6-14(10-17-15)19-11-13-5-4-9-18-13/h6-7,10,12-13,16H,3-5,8-9,11H2,1-2H3. The highest BCUT2D eigenvalue weighted by Crippen LogP contribution is 2.24. The van der Waals surface area contributed by atoms with Gasteiger partial charge in [0.25, 0.3) is 0 Å². The fourth-order valence-corrected chi connectivity index (χ4v) is 3.10. The molecule has 0 aromatic carbocycles. The molecule has 2 atom stereocenters. The molecule has 106 valence electrons. The van der Waals surface area contributed by atoms with E-state index in [9.17, 15) is 0 Å². The second-order valence-corrected chi connectivity index (χ2v) is 6.13. The van der Waals surface area contributed by atoms with Crippen LogP contribution in [0.4, 0.5) is 0 Å². The van der Waals surface area contributed by atoms with Crippen molar-refractivity contribution in [2.75, 3.05) is 18.9 Å². The summed E-state index contributed by atoms with van der Waals surface area (Å²) in [5.74, 6) is 1.05. The van der Waals surface area contributed by atoms with Gasteiger partial charge in [-0.05, 0) is 44.9 Å². The lowest BCUT2D eigenvalue weighted by atomic mass is 10.2. The van der Waals surface area contributed by atoms with Crippen molar-refractivity contribution in [3.63, 3.8) is 0 Å². The molecule has 0 radical (unpaired) electrons. The summed E-state index contributed by atoms with van der Waals surface area (Å²) in [6, 6.07) is 4.63. The summed E-state index contributed by atoms with van der Waals surface area (Å²) in [7, 11) is 0. The molecule has 1 aliphatic rings. The highest BCUT2D eigenvalue weighted by atomic mass is 32.2. The minimum absolute atomic E-state index is 0.331. The zero-order valence-corrected chi connectivity index (χ0v) is 12.7. The number of aromatic nitrogens is 1. The van der Waals surface area contributed by atoms with Crippen molar-refractivity contribution < 1.29 is 4.74 Å². The van der Waals surface area contributed by atoms with Crippen LogP contribution in [0.1, 0.15) is 44.8 Å². The number of nitrogens with one attached hydrogen (secondary N) is 1. The summed E-state index contributed by atoms with van der Waals surface area (Å²) in [5.41, 5.74) is 1.12. The van der Waals surface area contributed by atoms with Crippen molar-refractivity contribution in [1.29, 1.82) is 0 Å². The lowest BCUT2D eigenvalue weighted by molar-refractivity contribution is 0.129. The van der Waals surface area contributed by atoms with E-state index in [1.54, 1.807) is 0 Å². The van der Waals surface area contributed by atoms with Crippen LogP contribution in [-0.2, 0) is 4.74 Å². The zero-order chi connectivity index (χ0) is 13.5. The molecule has 4 heteroatoms. The molecule has 0 amide bonds. The molecule has 0 aliphatic carbocycles. The van der Waals surface area contributed by atoms with Crippen LogP contribution in [0.5, 0.6) is 0 Å². The molecular formula is C15H24N2OS. The Morgan fingerprint density at radius 2 is 2.42 bits per heavy atom. The molecular weight excluding hydrogens is 256 g/mol. The largest absolute Gasteiger partial charge is 0.377 e. The number of ether oxygens (including phenoxy) is 1. The van der Waals surface area contributed by atoms with Crippen LogP contribution in [0.25, 0.3) is 0 Å². The fourth-order valence-electron chi connectivity index (χ4n) is 2.16. The molecule has 1 fully saturated rings. The summed E-state index contributed by atoms with van der Waals surface area (Å²) in [4.78, 5) is 5.79. The van der Waals surface area contributed by atoms with E-state index in [4.69, 9.17) is 4.74 Å². The third kappa shape index (κ3) is 4.79. The van der Waals surface area contributed by atoms with Crippen molar-refractivity contribution in [2.45, 2.75) is 50.2 Å². The van der Waals surface area contributed by atoms with E-state index in [2.05, 4.69) is 36.3 Å². The van der Waals surface area contributed by atoms with Gasteiger partial charge in [-0.1, -0.05) is 6.92 Å². The average molecular weight is 280 g/mol. The summed E-state index contributed by atoms with van der Waals surface area (Å²) in [5, 5.41) is 3.46. The molecule has 1 aromatic rings. The van der Waals surface area contributed by atoms with Crippen LogP contribution in [0.15, 0.2) is 23.2 Å². The Hall–Kier alpha value is -0.580. The molecule has 1 saturated heterocycles. The molecule has 1 aromatic heterocycles. The van der Waals surface area contributed by atoms with Crippen molar-refractivity contribution in [3.8, 4) is 0 Å². The fraction of sp³-hybridized carbons (Fsp3) is 0.667. The highest BCUT2D eigenvalue weighted by molar-refractivity contribution is 7.99. The molecule has 0 saturated carbocycles. The van der Waals surface area contributed by atoms with Gasteiger partial charge in [-0.15, -0.1) is 11.8 Å². The molecule has 1 N–H and O–H groups in total. The Balaban J connectivity index is 1.80. The van der Waals surface area contributed by atoms with Crippen LogP contribution in [0, 0.1) is 0 Å². The van der Waals surface area contributed by atoms with E-state index < -0.39 is 0 Å². The Kier molecular flexibility index (Phi) is 6.14. The quantitative estimate of drug-likeness (QED) is 0.776. The number of hydrogen-bond acceptors (Lipinski definition) is 4. The van der Waals surface area contributed by atoms with E-state index in [0.29, 0.717) is 12.1 Å². The minimum Gasteiger partial charge on any atom is -0.377 e. The second kappa shape index (κ2) is 7.88. The van der Waals surface area contributed by atoms with Gasteiger partial charge >= 0.3 is 0 Å². The first-order chi connectivity index (χ1) is 9.29. The predicted molar refractivity (Wildman–Crippen MR) is 80.6 cm³/mol. The summed E-state index contributed by atoms with van der Waals surface area (Å²) in [6.45, 7) is 6.32. The van der Waals surface area contributed by atoms with Gasteiger partial charge in [-0.3, -0.25) is 4.98 Å². The first-order valence-electron chi connectivity index (χ1n) is 7.23. The summed E-state index contributed by atoms with van der Waals surface area (Å²) < 4.78 is 5.63. The van der Waals surface area contributed by atoms with Crippen LogP contribution in [0.3, 0.4) is 0 Å². The molecule has 2 rings (SSSR count).